The molecular formula is C37H58O7. The van der Waals surface area contributed by atoms with Gasteiger partial charge in [0.15, 0.2) is 0 Å². The number of ether oxygens (including phenoxy) is 1. The Bertz CT molecular complexity index is 1210. The van der Waals surface area contributed by atoms with Crippen LogP contribution in [0.4, 0.5) is 0 Å². The molecular weight excluding hydrogens is 556 g/mol. The molecule has 0 bridgehead atoms. The number of allylic oxidation sites excluding steroid dienone is 3. The molecule has 0 aromatic heterocycles. The smallest absolute Gasteiger partial charge is 0.309 e. The number of hydrogen-bond acceptors (Lipinski definition) is 5. The highest BCUT2D eigenvalue weighted by molar-refractivity contribution is 5.74. The first-order valence-electron chi connectivity index (χ1n) is 17.0. The highest BCUT2D eigenvalue weighted by Gasteiger charge is 2.64. The van der Waals surface area contributed by atoms with Crippen LogP contribution in [0.1, 0.15) is 132 Å². The number of fused-ring (bicyclic) bond motifs is 4. The molecule has 4 aliphatic rings. The fourth-order valence-electron chi connectivity index (χ4n) is 10.6. The minimum Gasteiger partial charge on any atom is -0.481 e. The molecule has 7 nitrogen and oxygen atoms in total. The maximum Gasteiger partial charge on any atom is 0.309 e. The highest BCUT2D eigenvalue weighted by atomic mass is 16.5. The van der Waals surface area contributed by atoms with Gasteiger partial charge in [0, 0.05) is 5.41 Å². The summed E-state index contributed by atoms with van der Waals surface area (Å²) < 4.78 is 6.01. The summed E-state index contributed by atoms with van der Waals surface area (Å²) >= 11 is 0. The van der Waals surface area contributed by atoms with Gasteiger partial charge in [0.2, 0.25) is 0 Å². The summed E-state index contributed by atoms with van der Waals surface area (Å²) in [5, 5.41) is 29.9. The number of esters is 1. The predicted molar refractivity (Wildman–Crippen MR) is 171 cm³/mol. The van der Waals surface area contributed by atoms with Crippen LogP contribution >= 0.6 is 0 Å². The van der Waals surface area contributed by atoms with E-state index >= 15 is 0 Å². The lowest BCUT2D eigenvalue weighted by atomic mass is 9.43. The summed E-state index contributed by atoms with van der Waals surface area (Å²) in [6, 6.07) is 0. The Morgan fingerprint density at radius 2 is 1.61 bits per heavy atom. The summed E-state index contributed by atoms with van der Waals surface area (Å²) in [6.07, 6.45) is 7.88. The standard InChI is InChI=1S/C37H58O7/c1-22(2)23(3)10-11-24(32(41)42)25-14-18-37(9)27-12-13-28-33(4,5)29(44-31(40)21-34(6,43)20-30(38)39)16-17-35(28,7)26(27)15-19-36(25,37)8/h22,24-25,28-29,43H,3,10-21H2,1-2,4-9H3,(H,38,39)(H,41,42)/t24-,25-,28?,29-,34?,35-,36-,37+/m1/s1. The molecule has 7 heteroatoms. The zero-order chi connectivity index (χ0) is 33.0. The third-order valence-corrected chi connectivity index (χ3v) is 13.5. The van der Waals surface area contributed by atoms with Crippen LogP contribution in [0.3, 0.4) is 0 Å². The zero-order valence-electron chi connectivity index (χ0n) is 28.6. The van der Waals surface area contributed by atoms with Crippen LogP contribution in [-0.4, -0.2) is 44.9 Å². The van der Waals surface area contributed by atoms with E-state index in [-0.39, 0.29) is 46.0 Å². The molecule has 0 heterocycles. The van der Waals surface area contributed by atoms with Gasteiger partial charge < -0.3 is 20.1 Å². The van der Waals surface area contributed by atoms with E-state index in [1.165, 1.54) is 6.92 Å². The van der Waals surface area contributed by atoms with E-state index in [1.807, 2.05) is 0 Å². The summed E-state index contributed by atoms with van der Waals surface area (Å²) in [4.78, 5) is 36.7. The third-order valence-electron chi connectivity index (χ3n) is 13.5. The van der Waals surface area contributed by atoms with Crippen molar-refractivity contribution in [3.05, 3.63) is 23.3 Å². The van der Waals surface area contributed by atoms with Crippen molar-refractivity contribution in [2.45, 2.75) is 144 Å². The molecule has 0 amide bonds. The lowest BCUT2D eigenvalue weighted by Crippen LogP contribution is -2.56. The molecule has 3 N–H and O–H groups in total. The van der Waals surface area contributed by atoms with Crippen LogP contribution in [0.2, 0.25) is 0 Å². The van der Waals surface area contributed by atoms with E-state index in [0.29, 0.717) is 18.3 Å². The fourth-order valence-corrected chi connectivity index (χ4v) is 10.6. The Hall–Kier alpha value is -2.15. The molecule has 0 spiro atoms. The van der Waals surface area contributed by atoms with E-state index in [0.717, 1.165) is 63.4 Å². The van der Waals surface area contributed by atoms with Crippen LogP contribution in [0.5, 0.6) is 0 Å². The number of carbonyl (C=O) groups is 3. The van der Waals surface area contributed by atoms with Gasteiger partial charge in [-0.25, -0.2) is 0 Å². The molecule has 4 rings (SSSR count). The zero-order valence-corrected chi connectivity index (χ0v) is 28.6. The first-order chi connectivity index (χ1) is 20.2. The number of carboxylic acids is 2. The molecule has 2 unspecified atom stereocenters. The van der Waals surface area contributed by atoms with Crippen molar-refractivity contribution in [3.8, 4) is 0 Å². The first kappa shape index (κ1) is 34.7. The number of aliphatic carboxylic acids is 2. The number of carbonyl (C=O) groups excluding carboxylic acids is 1. The van der Waals surface area contributed by atoms with Gasteiger partial charge in [-0.1, -0.05) is 71.8 Å². The Labute approximate surface area is 264 Å². The Kier molecular flexibility index (Phi) is 9.39. The van der Waals surface area contributed by atoms with E-state index in [2.05, 4.69) is 55.0 Å². The SMILES string of the molecule is C=C(CC[C@@H](C(=O)O)[C@H]1CC[C@@]2(C)C3=C(CC[C@]12C)[C@@]1(C)CC[C@@H](OC(=O)CC(C)(O)CC(=O)O)C(C)(C)C1CC3)C(C)C. The third kappa shape index (κ3) is 5.91. The van der Waals surface area contributed by atoms with Crippen molar-refractivity contribution in [2.24, 2.45) is 45.3 Å². The molecule has 44 heavy (non-hydrogen) atoms. The second-order valence-corrected chi connectivity index (χ2v) is 16.7. The lowest BCUT2D eigenvalue weighted by molar-refractivity contribution is -0.174. The van der Waals surface area contributed by atoms with Crippen molar-refractivity contribution in [2.75, 3.05) is 0 Å². The van der Waals surface area contributed by atoms with Gasteiger partial charge in [-0.05, 0) is 105 Å². The van der Waals surface area contributed by atoms with Crippen molar-refractivity contribution < 1.29 is 34.4 Å². The summed E-state index contributed by atoms with van der Waals surface area (Å²) in [5.41, 5.74) is 2.27. The molecule has 248 valence electrons. The van der Waals surface area contributed by atoms with Gasteiger partial charge in [-0.3, -0.25) is 14.4 Å². The number of hydrogen-bond donors (Lipinski definition) is 3. The summed E-state index contributed by atoms with van der Waals surface area (Å²) in [6.45, 7) is 21.5. The fraction of sp³-hybridized carbons (Fsp3) is 0.811. The average Bonchev–Trinajstić information content (AvgIpc) is 3.15. The largest absolute Gasteiger partial charge is 0.481 e. The normalized spacial score (nSPS) is 36.5. The van der Waals surface area contributed by atoms with Crippen molar-refractivity contribution >= 4 is 17.9 Å². The number of rotatable bonds is 11. The molecule has 0 aromatic rings. The van der Waals surface area contributed by atoms with Crippen molar-refractivity contribution in [3.63, 3.8) is 0 Å². The van der Waals surface area contributed by atoms with E-state index in [9.17, 15) is 24.6 Å². The van der Waals surface area contributed by atoms with Crippen LogP contribution in [0, 0.1) is 45.3 Å². The quantitative estimate of drug-likeness (QED) is 0.159. The van der Waals surface area contributed by atoms with Crippen LogP contribution < -0.4 is 0 Å². The Morgan fingerprint density at radius 1 is 0.955 bits per heavy atom. The minimum absolute atomic E-state index is 0.0155. The van der Waals surface area contributed by atoms with Crippen LogP contribution in [0.25, 0.3) is 0 Å². The van der Waals surface area contributed by atoms with Crippen LogP contribution in [0.15, 0.2) is 23.3 Å². The average molecular weight is 615 g/mol. The molecule has 0 aromatic carbocycles. The Morgan fingerprint density at radius 3 is 2.20 bits per heavy atom. The van der Waals surface area contributed by atoms with Crippen molar-refractivity contribution in [1.82, 2.24) is 0 Å². The monoisotopic (exact) mass is 614 g/mol. The second-order valence-electron chi connectivity index (χ2n) is 16.7. The van der Waals surface area contributed by atoms with E-state index < -0.39 is 29.9 Å². The number of carboxylic acid groups (broad SMARTS) is 2. The van der Waals surface area contributed by atoms with E-state index in [1.54, 1.807) is 11.1 Å². The highest BCUT2D eigenvalue weighted by Crippen LogP contribution is 2.72. The second kappa shape index (κ2) is 11.9. The molecule has 2 fully saturated rings. The number of aliphatic hydroxyl groups is 1. The molecule has 0 aliphatic heterocycles. The van der Waals surface area contributed by atoms with Gasteiger partial charge in [-0.15, -0.1) is 0 Å². The topological polar surface area (TPSA) is 121 Å². The van der Waals surface area contributed by atoms with Gasteiger partial charge >= 0.3 is 17.9 Å². The molecule has 0 saturated heterocycles. The Balaban J connectivity index is 1.57. The first-order valence-corrected chi connectivity index (χ1v) is 17.0. The molecule has 8 atom stereocenters. The van der Waals surface area contributed by atoms with Gasteiger partial charge in [-0.2, -0.15) is 0 Å². The summed E-state index contributed by atoms with van der Waals surface area (Å²) in [5.74, 6) is -1.88. The lowest BCUT2D eigenvalue weighted by Gasteiger charge is -2.62. The van der Waals surface area contributed by atoms with Gasteiger partial charge in [0.25, 0.3) is 0 Å². The predicted octanol–water partition coefficient (Wildman–Crippen LogP) is 7.96. The maximum absolute atomic E-state index is 12.9. The molecule has 2 saturated carbocycles. The van der Waals surface area contributed by atoms with Crippen molar-refractivity contribution in [1.29, 1.82) is 0 Å². The summed E-state index contributed by atoms with van der Waals surface area (Å²) in [7, 11) is 0. The maximum atomic E-state index is 12.9. The minimum atomic E-state index is -1.65. The van der Waals surface area contributed by atoms with Gasteiger partial charge in [0.05, 0.1) is 24.4 Å². The van der Waals surface area contributed by atoms with E-state index in [4.69, 9.17) is 9.84 Å². The molecule has 0 radical (unpaired) electrons. The van der Waals surface area contributed by atoms with Crippen LogP contribution in [-0.2, 0) is 19.1 Å². The molecule has 4 aliphatic carbocycles. The van der Waals surface area contributed by atoms with Gasteiger partial charge in [0.1, 0.15) is 6.10 Å².